The molecule has 1 aromatic carbocycles. The number of fused-ring (bicyclic) bond motifs is 1. The van der Waals surface area contributed by atoms with Crippen LogP contribution in [0.4, 0.5) is 0 Å². The summed E-state index contributed by atoms with van der Waals surface area (Å²) in [6, 6.07) is 8.06. The largest absolute Gasteiger partial charge is 0.481 e. The van der Waals surface area contributed by atoms with Crippen LogP contribution in [-0.4, -0.2) is 11.1 Å². The van der Waals surface area contributed by atoms with Crippen molar-refractivity contribution in [3.63, 3.8) is 0 Å². The fourth-order valence-electron chi connectivity index (χ4n) is 2.47. The van der Waals surface area contributed by atoms with E-state index < -0.39 is 5.97 Å². The van der Waals surface area contributed by atoms with Gasteiger partial charge in [-0.05, 0) is 34.2 Å². The summed E-state index contributed by atoms with van der Waals surface area (Å²) in [4.78, 5) is 10.9. The fraction of sp³-hybridized carbons (Fsp3) is 0.400. The molecule has 1 heterocycles. The highest BCUT2D eigenvalue weighted by Crippen LogP contribution is 2.36. The van der Waals surface area contributed by atoms with Gasteiger partial charge in [0.05, 0.1) is 6.42 Å². The van der Waals surface area contributed by atoms with Crippen LogP contribution in [-0.2, 0) is 4.79 Å². The van der Waals surface area contributed by atoms with Crippen LogP contribution in [0.25, 0.3) is 10.1 Å². The quantitative estimate of drug-likeness (QED) is 0.874. The SMILES string of the molecule is CC(C)(CC(=O)O)CC(N)c1csc2ccccc12. The number of carboxylic acids is 1. The lowest BCUT2D eigenvalue weighted by Crippen LogP contribution is -2.23. The Bertz CT molecular complexity index is 589. The molecule has 0 saturated heterocycles. The number of rotatable bonds is 5. The predicted molar refractivity (Wildman–Crippen MR) is 79.4 cm³/mol. The van der Waals surface area contributed by atoms with E-state index in [4.69, 9.17) is 10.8 Å². The Morgan fingerprint density at radius 2 is 2.11 bits per heavy atom. The second kappa shape index (κ2) is 5.31. The summed E-state index contributed by atoms with van der Waals surface area (Å²) in [5.74, 6) is -0.771. The lowest BCUT2D eigenvalue weighted by Gasteiger charge is -2.26. The third-order valence-corrected chi connectivity index (χ3v) is 4.29. The first-order valence-corrected chi connectivity index (χ1v) is 7.20. The first-order valence-electron chi connectivity index (χ1n) is 6.32. The van der Waals surface area contributed by atoms with E-state index in [1.54, 1.807) is 11.3 Å². The predicted octanol–water partition coefficient (Wildman–Crippen LogP) is 3.79. The van der Waals surface area contributed by atoms with Crippen molar-refractivity contribution < 1.29 is 9.90 Å². The molecule has 0 aliphatic rings. The van der Waals surface area contributed by atoms with Crippen molar-refractivity contribution in [1.82, 2.24) is 0 Å². The molecule has 0 amide bonds. The minimum atomic E-state index is -0.771. The topological polar surface area (TPSA) is 63.3 Å². The van der Waals surface area contributed by atoms with Crippen LogP contribution >= 0.6 is 11.3 Å². The zero-order chi connectivity index (χ0) is 14.0. The molecule has 0 aliphatic carbocycles. The Morgan fingerprint density at radius 1 is 1.42 bits per heavy atom. The minimum absolute atomic E-state index is 0.120. The van der Waals surface area contributed by atoms with Gasteiger partial charge in [0.1, 0.15) is 0 Å². The molecule has 0 saturated carbocycles. The maximum absolute atomic E-state index is 10.9. The number of hydrogen-bond donors (Lipinski definition) is 2. The van der Waals surface area contributed by atoms with Crippen LogP contribution in [0.15, 0.2) is 29.6 Å². The Labute approximate surface area is 117 Å². The molecule has 19 heavy (non-hydrogen) atoms. The van der Waals surface area contributed by atoms with Gasteiger partial charge in [-0.3, -0.25) is 4.79 Å². The van der Waals surface area contributed by atoms with Crippen molar-refractivity contribution in [2.24, 2.45) is 11.1 Å². The van der Waals surface area contributed by atoms with Crippen LogP contribution in [0, 0.1) is 5.41 Å². The fourth-order valence-corrected chi connectivity index (χ4v) is 3.50. The smallest absolute Gasteiger partial charge is 0.303 e. The third kappa shape index (κ3) is 3.33. The van der Waals surface area contributed by atoms with Gasteiger partial charge in [-0.1, -0.05) is 32.0 Å². The summed E-state index contributed by atoms with van der Waals surface area (Å²) in [6.07, 6.45) is 0.808. The number of thiophene rings is 1. The van der Waals surface area contributed by atoms with Gasteiger partial charge in [0.15, 0.2) is 0 Å². The molecule has 102 valence electrons. The lowest BCUT2D eigenvalue weighted by atomic mass is 9.81. The van der Waals surface area contributed by atoms with Gasteiger partial charge in [0.2, 0.25) is 0 Å². The molecule has 1 unspecified atom stereocenters. The zero-order valence-corrected chi connectivity index (χ0v) is 12.0. The van der Waals surface area contributed by atoms with E-state index in [1.807, 2.05) is 26.0 Å². The standard InChI is InChI=1S/C15H19NO2S/c1-15(2,8-14(17)18)7-12(16)11-9-19-13-6-4-3-5-10(11)13/h3-6,9,12H,7-8,16H2,1-2H3,(H,17,18). The highest BCUT2D eigenvalue weighted by Gasteiger charge is 2.26. The van der Waals surface area contributed by atoms with Gasteiger partial charge >= 0.3 is 5.97 Å². The highest BCUT2D eigenvalue weighted by atomic mass is 32.1. The van der Waals surface area contributed by atoms with Crippen LogP contribution in [0.2, 0.25) is 0 Å². The molecule has 0 radical (unpaired) electrons. The molecule has 1 aromatic heterocycles. The Hall–Kier alpha value is -1.39. The van der Waals surface area contributed by atoms with Gasteiger partial charge in [0, 0.05) is 10.7 Å². The van der Waals surface area contributed by atoms with Gasteiger partial charge in [-0.15, -0.1) is 11.3 Å². The van der Waals surface area contributed by atoms with E-state index in [9.17, 15) is 4.79 Å². The summed E-state index contributed by atoms with van der Waals surface area (Å²) in [6.45, 7) is 3.91. The average Bonchev–Trinajstić information content (AvgIpc) is 2.69. The molecule has 4 heteroatoms. The Morgan fingerprint density at radius 3 is 2.79 bits per heavy atom. The van der Waals surface area contributed by atoms with Crippen molar-refractivity contribution in [3.8, 4) is 0 Å². The molecule has 0 fully saturated rings. The Balaban J connectivity index is 2.20. The van der Waals surface area contributed by atoms with Crippen molar-refractivity contribution in [3.05, 3.63) is 35.2 Å². The molecule has 3 N–H and O–H groups in total. The van der Waals surface area contributed by atoms with E-state index in [2.05, 4.69) is 17.5 Å². The zero-order valence-electron chi connectivity index (χ0n) is 11.2. The average molecular weight is 277 g/mol. The first kappa shape index (κ1) is 14.0. The minimum Gasteiger partial charge on any atom is -0.481 e. The molecule has 0 spiro atoms. The summed E-state index contributed by atoms with van der Waals surface area (Å²) < 4.78 is 1.23. The van der Waals surface area contributed by atoms with Crippen molar-refractivity contribution >= 4 is 27.4 Å². The number of hydrogen-bond acceptors (Lipinski definition) is 3. The number of aliphatic carboxylic acids is 1. The Kier molecular flexibility index (Phi) is 3.92. The molecular formula is C15H19NO2S. The first-order chi connectivity index (χ1) is 8.89. The molecule has 2 rings (SSSR count). The molecule has 1 atom stereocenters. The van der Waals surface area contributed by atoms with Crippen LogP contribution < -0.4 is 5.73 Å². The van der Waals surface area contributed by atoms with Crippen LogP contribution in [0.5, 0.6) is 0 Å². The monoisotopic (exact) mass is 277 g/mol. The number of benzene rings is 1. The van der Waals surface area contributed by atoms with E-state index in [-0.39, 0.29) is 17.9 Å². The van der Waals surface area contributed by atoms with Gasteiger partial charge < -0.3 is 10.8 Å². The van der Waals surface area contributed by atoms with E-state index in [0.29, 0.717) is 6.42 Å². The van der Waals surface area contributed by atoms with E-state index >= 15 is 0 Å². The van der Waals surface area contributed by atoms with E-state index in [1.165, 1.54) is 10.1 Å². The summed E-state index contributed by atoms with van der Waals surface area (Å²) in [5, 5.41) is 12.2. The van der Waals surface area contributed by atoms with E-state index in [0.717, 1.165) is 5.56 Å². The third-order valence-electron chi connectivity index (χ3n) is 3.31. The summed E-state index contributed by atoms with van der Waals surface area (Å²) in [7, 11) is 0. The van der Waals surface area contributed by atoms with Crippen LogP contribution in [0.3, 0.4) is 0 Å². The highest BCUT2D eigenvalue weighted by molar-refractivity contribution is 7.17. The second-order valence-corrected chi connectivity index (χ2v) is 6.64. The summed E-state index contributed by atoms with van der Waals surface area (Å²) in [5.41, 5.74) is 7.11. The lowest BCUT2D eigenvalue weighted by molar-refractivity contribution is -0.139. The van der Waals surface area contributed by atoms with Gasteiger partial charge in [-0.2, -0.15) is 0 Å². The number of nitrogens with two attached hydrogens (primary N) is 1. The maximum atomic E-state index is 10.9. The van der Waals surface area contributed by atoms with Crippen molar-refractivity contribution in [2.45, 2.75) is 32.7 Å². The van der Waals surface area contributed by atoms with Gasteiger partial charge in [0.25, 0.3) is 0 Å². The number of carbonyl (C=O) groups is 1. The molecule has 0 aliphatic heterocycles. The number of carboxylic acid groups (broad SMARTS) is 1. The summed E-state index contributed by atoms with van der Waals surface area (Å²) >= 11 is 1.69. The molecular weight excluding hydrogens is 258 g/mol. The molecule has 3 nitrogen and oxygen atoms in total. The second-order valence-electron chi connectivity index (χ2n) is 5.73. The molecule has 2 aromatic rings. The van der Waals surface area contributed by atoms with Gasteiger partial charge in [-0.25, -0.2) is 0 Å². The van der Waals surface area contributed by atoms with Crippen molar-refractivity contribution in [1.29, 1.82) is 0 Å². The van der Waals surface area contributed by atoms with Crippen molar-refractivity contribution in [2.75, 3.05) is 0 Å². The molecule has 0 bridgehead atoms. The maximum Gasteiger partial charge on any atom is 0.303 e. The van der Waals surface area contributed by atoms with Crippen LogP contribution in [0.1, 0.15) is 38.3 Å². The normalized spacial score (nSPS) is 13.6.